The number of rotatable bonds is 4. The van der Waals surface area contributed by atoms with E-state index in [1.807, 2.05) is 6.07 Å². The molecular formula is C19H20FNO3S. The standard InChI is InChI=1S/C19H20FNO3S/c1-11-3-8-16-13(9-11)10-17(25-16)19(23)24-12(2)18(22)21-15-6-4-14(20)5-7-15/h4-7,10-12H,3,8-9H2,1-2H3,(H,21,22)/t11-,12+/m0/s1. The van der Waals surface area contributed by atoms with Crippen LogP contribution in [0.3, 0.4) is 0 Å². The lowest BCUT2D eigenvalue weighted by molar-refractivity contribution is -0.123. The SMILES string of the molecule is C[C@H]1CCc2sc(C(=O)O[C@H](C)C(=O)Nc3ccc(F)cc3)cc2C1. The van der Waals surface area contributed by atoms with E-state index in [4.69, 9.17) is 4.74 Å². The molecule has 0 radical (unpaired) electrons. The van der Waals surface area contributed by atoms with Gasteiger partial charge < -0.3 is 10.1 Å². The van der Waals surface area contributed by atoms with Crippen molar-refractivity contribution in [2.75, 3.05) is 5.32 Å². The molecule has 0 spiro atoms. The molecule has 1 aliphatic carbocycles. The van der Waals surface area contributed by atoms with Gasteiger partial charge in [-0.2, -0.15) is 0 Å². The van der Waals surface area contributed by atoms with Crippen molar-refractivity contribution in [2.45, 2.75) is 39.2 Å². The Morgan fingerprint density at radius 1 is 1.32 bits per heavy atom. The molecule has 0 saturated carbocycles. The number of carbonyl (C=O) groups excluding carboxylic acids is 2. The smallest absolute Gasteiger partial charge is 0.349 e. The van der Waals surface area contributed by atoms with Crippen molar-refractivity contribution in [3.8, 4) is 0 Å². The van der Waals surface area contributed by atoms with E-state index in [2.05, 4.69) is 12.2 Å². The molecule has 3 rings (SSSR count). The Labute approximate surface area is 150 Å². The Morgan fingerprint density at radius 2 is 2.04 bits per heavy atom. The molecule has 4 nitrogen and oxygen atoms in total. The number of hydrogen-bond donors (Lipinski definition) is 1. The van der Waals surface area contributed by atoms with Crippen LogP contribution < -0.4 is 5.32 Å². The molecule has 1 amide bonds. The normalized spacial score (nSPS) is 17.5. The van der Waals surface area contributed by atoms with Gasteiger partial charge in [0, 0.05) is 10.6 Å². The summed E-state index contributed by atoms with van der Waals surface area (Å²) in [5, 5.41) is 2.60. The van der Waals surface area contributed by atoms with Gasteiger partial charge in [-0.25, -0.2) is 9.18 Å². The third-order valence-corrected chi connectivity index (χ3v) is 5.51. The summed E-state index contributed by atoms with van der Waals surface area (Å²) in [5.41, 5.74) is 1.67. The minimum absolute atomic E-state index is 0.381. The van der Waals surface area contributed by atoms with E-state index in [-0.39, 0.29) is 5.82 Å². The summed E-state index contributed by atoms with van der Waals surface area (Å²) in [5.74, 6) is -0.677. The van der Waals surface area contributed by atoms with Crippen molar-refractivity contribution >= 4 is 28.9 Å². The number of carbonyl (C=O) groups is 2. The third kappa shape index (κ3) is 4.25. The average Bonchev–Trinajstić information content (AvgIpc) is 3.00. The van der Waals surface area contributed by atoms with Crippen LogP contribution >= 0.6 is 11.3 Å². The minimum atomic E-state index is -0.935. The fraction of sp³-hybridized carbons (Fsp3) is 0.368. The Kier molecular flexibility index (Phi) is 5.18. The predicted molar refractivity (Wildman–Crippen MR) is 95.4 cm³/mol. The number of amides is 1. The number of esters is 1. The molecule has 0 fully saturated rings. The summed E-state index contributed by atoms with van der Waals surface area (Å²) in [4.78, 5) is 26.2. The lowest BCUT2D eigenvalue weighted by atomic mass is 9.90. The summed E-state index contributed by atoms with van der Waals surface area (Å²) in [7, 11) is 0. The minimum Gasteiger partial charge on any atom is -0.448 e. The number of aryl methyl sites for hydroxylation is 1. The molecule has 1 aromatic carbocycles. The van der Waals surface area contributed by atoms with Gasteiger partial charge in [-0.15, -0.1) is 11.3 Å². The Bertz CT molecular complexity index is 784. The molecule has 1 aliphatic rings. The fourth-order valence-corrected chi connectivity index (χ4v) is 3.95. The quantitative estimate of drug-likeness (QED) is 0.831. The first-order valence-electron chi connectivity index (χ1n) is 8.31. The van der Waals surface area contributed by atoms with Gasteiger partial charge in [0.15, 0.2) is 6.10 Å². The van der Waals surface area contributed by atoms with E-state index in [1.165, 1.54) is 53.0 Å². The second kappa shape index (κ2) is 7.35. The van der Waals surface area contributed by atoms with Gasteiger partial charge >= 0.3 is 5.97 Å². The summed E-state index contributed by atoms with van der Waals surface area (Å²) in [6.07, 6.45) is 2.18. The summed E-state index contributed by atoms with van der Waals surface area (Å²) in [6, 6.07) is 7.31. The molecule has 0 bridgehead atoms. The molecule has 0 aliphatic heterocycles. The molecule has 132 valence electrons. The van der Waals surface area contributed by atoms with E-state index in [1.54, 1.807) is 0 Å². The molecule has 2 atom stereocenters. The third-order valence-electron chi connectivity index (χ3n) is 4.30. The van der Waals surface area contributed by atoms with Gasteiger partial charge in [0.2, 0.25) is 0 Å². The van der Waals surface area contributed by atoms with Crippen LogP contribution in [0.1, 0.15) is 40.4 Å². The summed E-state index contributed by atoms with van der Waals surface area (Å²) < 4.78 is 18.2. The topological polar surface area (TPSA) is 55.4 Å². The zero-order valence-corrected chi connectivity index (χ0v) is 15.0. The van der Waals surface area contributed by atoms with Gasteiger partial charge in [-0.3, -0.25) is 4.79 Å². The highest BCUT2D eigenvalue weighted by Crippen LogP contribution is 2.32. The zero-order chi connectivity index (χ0) is 18.0. The van der Waals surface area contributed by atoms with Crippen molar-refractivity contribution in [1.29, 1.82) is 0 Å². The summed E-state index contributed by atoms with van der Waals surface area (Å²) >= 11 is 1.46. The highest BCUT2D eigenvalue weighted by Gasteiger charge is 2.24. The number of thiophene rings is 1. The van der Waals surface area contributed by atoms with Crippen LogP contribution in [0.2, 0.25) is 0 Å². The number of fused-ring (bicyclic) bond motifs is 1. The van der Waals surface area contributed by atoms with Crippen LogP contribution in [0.15, 0.2) is 30.3 Å². The van der Waals surface area contributed by atoms with Crippen molar-refractivity contribution in [3.63, 3.8) is 0 Å². The molecule has 1 aromatic heterocycles. The lowest BCUT2D eigenvalue weighted by Gasteiger charge is -2.16. The van der Waals surface area contributed by atoms with E-state index < -0.39 is 18.0 Å². The second-order valence-corrected chi connectivity index (χ2v) is 7.59. The van der Waals surface area contributed by atoms with Crippen LogP contribution in [0.25, 0.3) is 0 Å². The number of halogens is 1. The van der Waals surface area contributed by atoms with Gasteiger partial charge in [0.1, 0.15) is 10.7 Å². The number of ether oxygens (including phenoxy) is 1. The van der Waals surface area contributed by atoms with E-state index >= 15 is 0 Å². The highest BCUT2D eigenvalue weighted by atomic mass is 32.1. The van der Waals surface area contributed by atoms with Gasteiger partial charge in [-0.1, -0.05) is 6.92 Å². The molecule has 6 heteroatoms. The van der Waals surface area contributed by atoms with E-state index in [0.29, 0.717) is 16.5 Å². The number of hydrogen-bond acceptors (Lipinski definition) is 4. The van der Waals surface area contributed by atoms with Crippen molar-refractivity contribution in [2.24, 2.45) is 5.92 Å². The number of nitrogens with one attached hydrogen (secondary N) is 1. The van der Waals surface area contributed by atoms with Gasteiger partial charge in [-0.05, 0) is 68.0 Å². The molecule has 2 aromatic rings. The van der Waals surface area contributed by atoms with E-state index in [9.17, 15) is 14.0 Å². The first-order valence-corrected chi connectivity index (χ1v) is 9.13. The maximum Gasteiger partial charge on any atom is 0.349 e. The maximum absolute atomic E-state index is 12.9. The van der Waals surface area contributed by atoms with Crippen molar-refractivity contribution < 1.29 is 18.7 Å². The monoisotopic (exact) mass is 361 g/mol. The zero-order valence-electron chi connectivity index (χ0n) is 14.2. The Hall–Kier alpha value is -2.21. The average molecular weight is 361 g/mol. The van der Waals surface area contributed by atoms with Crippen LogP contribution in [0, 0.1) is 11.7 Å². The summed E-state index contributed by atoms with van der Waals surface area (Å²) in [6.45, 7) is 3.73. The molecule has 25 heavy (non-hydrogen) atoms. The Morgan fingerprint density at radius 3 is 2.76 bits per heavy atom. The fourth-order valence-electron chi connectivity index (χ4n) is 2.86. The largest absolute Gasteiger partial charge is 0.448 e. The first kappa shape index (κ1) is 17.6. The molecular weight excluding hydrogens is 341 g/mol. The molecule has 0 saturated heterocycles. The lowest BCUT2D eigenvalue weighted by Crippen LogP contribution is -2.29. The molecule has 1 N–H and O–H groups in total. The maximum atomic E-state index is 12.9. The second-order valence-electron chi connectivity index (χ2n) is 6.45. The van der Waals surface area contributed by atoms with Crippen molar-refractivity contribution in [3.05, 3.63) is 51.5 Å². The van der Waals surface area contributed by atoms with Crippen LogP contribution in [-0.2, 0) is 22.4 Å². The molecule has 1 heterocycles. The van der Waals surface area contributed by atoms with Crippen LogP contribution in [0.5, 0.6) is 0 Å². The predicted octanol–water partition coefficient (Wildman–Crippen LogP) is 4.20. The first-order chi connectivity index (χ1) is 11.9. The Balaban J connectivity index is 1.60. The van der Waals surface area contributed by atoms with Crippen LogP contribution in [0.4, 0.5) is 10.1 Å². The number of anilines is 1. The molecule has 0 unspecified atom stereocenters. The van der Waals surface area contributed by atoms with Crippen LogP contribution in [-0.4, -0.2) is 18.0 Å². The van der Waals surface area contributed by atoms with Crippen molar-refractivity contribution in [1.82, 2.24) is 0 Å². The van der Waals surface area contributed by atoms with Gasteiger partial charge in [0.25, 0.3) is 5.91 Å². The van der Waals surface area contributed by atoms with E-state index in [0.717, 1.165) is 19.3 Å². The number of benzene rings is 1. The highest BCUT2D eigenvalue weighted by molar-refractivity contribution is 7.14. The van der Waals surface area contributed by atoms with Gasteiger partial charge in [0.05, 0.1) is 0 Å².